The minimum Gasteiger partial charge on any atom is -0.396 e. The van der Waals surface area contributed by atoms with Crippen LogP contribution < -0.4 is 0 Å². The fourth-order valence-corrected chi connectivity index (χ4v) is 2.53. The number of nitrogens with zero attached hydrogens (tertiary/aromatic N) is 1. The minimum absolute atomic E-state index is 0.225. The summed E-state index contributed by atoms with van der Waals surface area (Å²) in [5.74, 6) is -10.0. The molecule has 7 heteroatoms. The van der Waals surface area contributed by atoms with Gasteiger partial charge in [-0.1, -0.05) is 63.4 Å². The number of benzene rings is 1. The van der Waals surface area contributed by atoms with Gasteiger partial charge in [-0.05, 0) is 12.8 Å². The Morgan fingerprint density at radius 3 is 1.58 bits per heavy atom. The monoisotopic (exact) mass is 379 g/mol. The third kappa shape index (κ3) is 7.30. The van der Waals surface area contributed by atoms with Crippen molar-refractivity contribution in [2.75, 3.05) is 6.61 Å². The summed E-state index contributed by atoms with van der Waals surface area (Å²) in [6.07, 6.45) is 12.0. The van der Waals surface area contributed by atoms with E-state index >= 15 is 0 Å². The lowest BCUT2D eigenvalue weighted by Crippen LogP contribution is -2.06. The summed E-state index contributed by atoms with van der Waals surface area (Å²) in [6.45, 7) is 2.41. The Labute approximate surface area is 151 Å². The van der Waals surface area contributed by atoms with Gasteiger partial charge in [0.2, 0.25) is 5.82 Å². The lowest BCUT2D eigenvalue weighted by atomic mass is 10.1. The third-order valence-electron chi connectivity index (χ3n) is 4.09. The highest BCUT2D eigenvalue weighted by Gasteiger charge is 2.24. The van der Waals surface area contributed by atoms with Crippen LogP contribution in [-0.4, -0.2) is 12.8 Å². The molecular weight excluding hydrogens is 353 g/mol. The topological polar surface area (TPSA) is 21.6 Å². The van der Waals surface area contributed by atoms with Gasteiger partial charge in [-0.3, -0.25) is 0 Å². The van der Waals surface area contributed by atoms with Gasteiger partial charge >= 0.3 is 0 Å². The van der Waals surface area contributed by atoms with E-state index in [0.717, 1.165) is 19.3 Å². The van der Waals surface area contributed by atoms with E-state index in [4.69, 9.17) is 4.84 Å². The smallest absolute Gasteiger partial charge is 0.200 e. The highest BCUT2D eigenvalue weighted by atomic mass is 19.2. The van der Waals surface area contributed by atoms with Crippen LogP contribution in [0.5, 0.6) is 0 Å². The van der Waals surface area contributed by atoms with Crippen LogP contribution in [0.3, 0.4) is 0 Å². The lowest BCUT2D eigenvalue weighted by Gasteiger charge is -2.04. The second-order valence-corrected chi connectivity index (χ2v) is 6.23. The Bertz CT molecular complexity index is 549. The lowest BCUT2D eigenvalue weighted by molar-refractivity contribution is 0.141. The first-order valence-corrected chi connectivity index (χ1v) is 9.17. The van der Waals surface area contributed by atoms with Crippen molar-refractivity contribution < 1.29 is 26.8 Å². The van der Waals surface area contributed by atoms with E-state index in [1.807, 2.05) is 0 Å². The van der Waals surface area contributed by atoms with Crippen LogP contribution in [0, 0.1) is 29.1 Å². The van der Waals surface area contributed by atoms with Crippen LogP contribution in [0.15, 0.2) is 5.16 Å². The Kier molecular flexibility index (Phi) is 10.9. The van der Waals surface area contributed by atoms with Crippen molar-refractivity contribution in [1.82, 2.24) is 0 Å². The van der Waals surface area contributed by atoms with Crippen LogP contribution in [0.1, 0.15) is 76.7 Å². The van der Waals surface area contributed by atoms with Crippen LogP contribution in [0.25, 0.3) is 0 Å². The number of rotatable bonds is 13. The molecule has 0 aliphatic heterocycles. The van der Waals surface area contributed by atoms with E-state index in [2.05, 4.69) is 12.1 Å². The van der Waals surface area contributed by atoms with Crippen molar-refractivity contribution in [3.8, 4) is 0 Å². The van der Waals surface area contributed by atoms with E-state index in [9.17, 15) is 22.0 Å². The molecule has 0 aliphatic rings. The molecule has 0 radical (unpaired) electrons. The van der Waals surface area contributed by atoms with Crippen molar-refractivity contribution in [3.63, 3.8) is 0 Å². The highest BCUT2D eigenvalue weighted by molar-refractivity contribution is 5.80. The summed E-state index contributed by atoms with van der Waals surface area (Å²) < 4.78 is 65.7. The fraction of sp³-hybridized carbons (Fsp3) is 0.632. The number of unbranched alkanes of at least 4 members (excludes halogenated alkanes) is 9. The van der Waals surface area contributed by atoms with E-state index in [-0.39, 0.29) is 6.61 Å². The number of oxime groups is 1. The maximum Gasteiger partial charge on any atom is 0.200 e. The molecule has 0 amide bonds. The van der Waals surface area contributed by atoms with Crippen molar-refractivity contribution in [2.45, 2.75) is 71.1 Å². The van der Waals surface area contributed by atoms with E-state index in [0.29, 0.717) is 12.6 Å². The molecule has 0 saturated heterocycles. The van der Waals surface area contributed by atoms with E-state index < -0.39 is 34.6 Å². The first kappa shape index (κ1) is 22.4. The molecule has 0 saturated carbocycles. The number of halogens is 5. The maximum absolute atomic E-state index is 13.4. The summed E-state index contributed by atoms with van der Waals surface area (Å²) in [4.78, 5) is 4.83. The molecule has 0 aliphatic carbocycles. The average molecular weight is 379 g/mol. The molecule has 0 atom stereocenters. The summed E-state index contributed by atoms with van der Waals surface area (Å²) in [5.41, 5.74) is -1.11. The normalized spacial score (nSPS) is 11.5. The van der Waals surface area contributed by atoms with Gasteiger partial charge in [0.05, 0.1) is 11.8 Å². The Balaban J connectivity index is 2.19. The molecule has 1 aromatic carbocycles. The zero-order valence-corrected chi connectivity index (χ0v) is 15.1. The van der Waals surface area contributed by atoms with E-state index in [1.165, 1.54) is 38.5 Å². The van der Waals surface area contributed by atoms with Gasteiger partial charge in [0, 0.05) is 0 Å². The standard InChI is InChI=1S/C19H26F5NO/c1-2-3-4-5-6-7-8-9-10-11-12-26-25-13-14-15(20)17(22)19(24)18(23)16(14)21/h13H,2-12H2,1H3/b25-13+. The molecule has 1 rings (SSSR count). The predicted octanol–water partition coefficient (Wildman–Crippen LogP) is 6.65. The summed E-state index contributed by atoms with van der Waals surface area (Å²) in [7, 11) is 0. The van der Waals surface area contributed by atoms with Gasteiger partial charge in [0.25, 0.3) is 0 Å². The molecule has 0 bridgehead atoms. The molecule has 0 heterocycles. The van der Waals surface area contributed by atoms with Gasteiger partial charge in [-0.25, -0.2) is 22.0 Å². The summed E-state index contributed by atoms with van der Waals surface area (Å²) in [5, 5.41) is 3.29. The van der Waals surface area contributed by atoms with Gasteiger partial charge < -0.3 is 4.84 Å². The number of hydrogen-bond acceptors (Lipinski definition) is 2. The largest absolute Gasteiger partial charge is 0.396 e. The van der Waals surface area contributed by atoms with E-state index in [1.54, 1.807) is 0 Å². The molecule has 148 valence electrons. The first-order valence-electron chi connectivity index (χ1n) is 9.17. The Morgan fingerprint density at radius 1 is 0.654 bits per heavy atom. The fourth-order valence-electron chi connectivity index (χ4n) is 2.53. The van der Waals surface area contributed by atoms with Crippen molar-refractivity contribution >= 4 is 6.21 Å². The molecule has 1 aromatic rings. The van der Waals surface area contributed by atoms with Crippen LogP contribution in [0.4, 0.5) is 22.0 Å². The third-order valence-corrected chi connectivity index (χ3v) is 4.09. The molecule has 0 N–H and O–H groups in total. The van der Waals surface area contributed by atoms with Crippen molar-refractivity contribution in [3.05, 3.63) is 34.6 Å². The summed E-state index contributed by atoms with van der Waals surface area (Å²) >= 11 is 0. The van der Waals surface area contributed by atoms with Crippen LogP contribution >= 0.6 is 0 Å². The van der Waals surface area contributed by atoms with Crippen molar-refractivity contribution in [1.29, 1.82) is 0 Å². The average Bonchev–Trinajstić information content (AvgIpc) is 2.64. The Morgan fingerprint density at radius 2 is 1.08 bits per heavy atom. The molecule has 0 unspecified atom stereocenters. The molecule has 0 spiro atoms. The second-order valence-electron chi connectivity index (χ2n) is 6.23. The molecule has 0 fully saturated rings. The molecule has 0 aromatic heterocycles. The predicted molar refractivity (Wildman–Crippen MR) is 91.6 cm³/mol. The maximum atomic E-state index is 13.4. The first-order chi connectivity index (χ1) is 12.5. The quantitative estimate of drug-likeness (QED) is 0.0938. The SMILES string of the molecule is CCCCCCCCCCCCO/N=C/c1c(F)c(F)c(F)c(F)c1F. The van der Waals surface area contributed by atoms with Gasteiger partial charge in [0.1, 0.15) is 6.61 Å². The van der Waals surface area contributed by atoms with Gasteiger partial charge in [-0.2, -0.15) is 0 Å². The Hall–Kier alpha value is -1.66. The van der Waals surface area contributed by atoms with Gasteiger partial charge in [0.15, 0.2) is 23.3 Å². The molecule has 2 nitrogen and oxygen atoms in total. The zero-order valence-electron chi connectivity index (χ0n) is 15.1. The highest BCUT2D eigenvalue weighted by Crippen LogP contribution is 2.21. The minimum atomic E-state index is -2.19. The number of hydrogen-bond donors (Lipinski definition) is 0. The second kappa shape index (κ2) is 12.7. The molecular formula is C19H26F5NO. The van der Waals surface area contributed by atoms with Crippen LogP contribution in [0.2, 0.25) is 0 Å². The zero-order chi connectivity index (χ0) is 19.4. The van der Waals surface area contributed by atoms with Crippen LogP contribution in [-0.2, 0) is 4.84 Å². The van der Waals surface area contributed by atoms with Crippen molar-refractivity contribution in [2.24, 2.45) is 5.16 Å². The summed E-state index contributed by atoms with van der Waals surface area (Å²) in [6, 6.07) is 0. The van der Waals surface area contributed by atoms with Gasteiger partial charge in [-0.15, -0.1) is 0 Å². The molecule has 26 heavy (non-hydrogen) atoms.